The smallest absolute Gasteiger partial charge is 0.224 e. The van der Waals surface area contributed by atoms with Gasteiger partial charge in [0.05, 0.1) is 0 Å². The molecule has 0 rings (SSSR count). The van der Waals surface area contributed by atoms with Gasteiger partial charge in [0.25, 0.3) is 0 Å². The van der Waals surface area contributed by atoms with E-state index in [9.17, 15) is 4.79 Å². The quantitative estimate of drug-likeness (QED) is 0.473. The number of halogens is 1. The fraction of sp³-hybridized carbons (Fsp3) is 0.857. The van der Waals surface area contributed by atoms with Gasteiger partial charge in [0.2, 0.25) is 5.91 Å². The van der Waals surface area contributed by atoms with E-state index in [4.69, 9.17) is 16.7 Å². The maximum atomic E-state index is 11.0. The van der Waals surface area contributed by atoms with Crippen LogP contribution in [0.4, 0.5) is 0 Å². The highest BCUT2D eigenvalue weighted by molar-refractivity contribution is 6.19. The lowest BCUT2D eigenvalue weighted by Crippen LogP contribution is -2.31. The van der Waals surface area contributed by atoms with Crippen LogP contribution in [-0.4, -0.2) is 30.0 Å². The topological polar surface area (TPSA) is 49.3 Å². The lowest BCUT2D eigenvalue weighted by atomic mass is 10.2. The van der Waals surface area contributed by atoms with Crippen LogP contribution in [0.5, 0.6) is 0 Å². The Morgan fingerprint density at radius 1 is 1.73 bits per heavy atom. The molecule has 0 aromatic heterocycles. The first-order chi connectivity index (χ1) is 5.22. The Bertz CT molecular complexity index is 119. The number of hydrogen-bond acceptors (Lipinski definition) is 2. The summed E-state index contributed by atoms with van der Waals surface area (Å²) in [6, 6.07) is 0. The molecular weight excluding hydrogens is 166 g/mol. The molecule has 0 saturated heterocycles. The van der Waals surface area contributed by atoms with Crippen LogP contribution < -0.4 is 5.32 Å². The molecule has 0 heterocycles. The molecule has 1 atom stereocenters. The predicted octanol–water partition coefficient (Wildman–Crippen LogP) is 0.360. The molecule has 3 nitrogen and oxygen atoms in total. The van der Waals surface area contributed by atoms with Crippen molar-refractivity contribution in [1.29, 1.82) is 0 Å². The molecule has 0 fully saturated rings. The number of aliphatic hydroxyl groups is 1. The second kappa shape index (κ2) is 6.43. The molecule has 66 valence electrons. The Morgan fingerprint density at radius 3 is 2.82 bits per heavy atom. The van der Waals surface area contributed by atoms with Gasteiger partial charge in [0.1, 0.15) is 0 Å². The monoisotopic (exact) mass is 179 g/mol. The largest absolute Gasteiger partial charge is 0.396 e. The van der Waals surface area contributed by atoms with E-state index >= 15 is 0 Å². The fourth-order valence-corrected chi connectivity index (χ4v) is 0.675. The molecule has 0 saturated carbocycles. The zero-order valence-corrected chi connectivity index (χ0v) is 7.40. The second-order valence-electron chi connectivity index (χ2n) is 2.42. The number of carbonyl (C=O) groups excluding carboxylic acids is 1. The predicted molar refractivity (Wildman–Crippen MR) is 44.6 cm³/mol. The first-order valence-corrected chi connectivity index (χ1v) is 4.20. The van der Waals surface area contributed by atoms with Crippen LogP contribution in [0.25, 0.3) is 0 Å². The van der Waals surface area contributed by atoms with E-state index in [1.54, 1.807) is 6.92 Å². The van der Waals surface area contributed by atoms with Crippen LogP contribution >= 0.6 is 11.6 Å². The lowest BCUT2D eigenvalue weighted by molar-refractivity contribution is -0.123. The first kappa shape index (κ1) is 10.7. The normalized spacial score (nSPS) is 12.6. The minimum Gasteiger partial charge on any atom is -0.396 e. The Labute approximate surface area is 71.7 Å². The third-order valence-electron chi connectivity index (χ3n) is 1.31. The highest BCUT2D eigenvalue weighted by atomic mass is 35.5. The van der Waals surface area contributed by atoms with Crippen molar-refractivity contribution in [2.75, 3.05) is 19.0 Å². The minimum atomic E-state index is -0.143. The summed E-state index contributed by atoms with van der Waals surface area (Å²) < 4.78 is 0. The van der Waals surface area contributed by atoms with Gasteiger partial charge in [-0.05, 0) is 6.42 Å². The van der Waals surface area contributed by atoms with Crippen LogP contribution in [-0.2, 0) is 4.79 Å². The van der Waals surface area contributed by atoms with E-state index in [0.29, 0.717) is 18.8 Å². The summed E-state index contributed by atoms with van der Waals surface area (Å²) in [6.07, 6.45) is 0.598. The van der Waals surface area contributed by atoms with Gasteiger partial charge in [0, 0.05) is 24.9 Å². The molecule has 2 N–H and O–H groups in total. The lowest BCUT2D eigenvalue weighted by Gasteiger charge is -2.07. The van der Waals surface area contributed by atoms with Gasteiger partial charge in [-0.3, -0.25) is 4.79 Å². The molecule has 1 unspecified atom stereocenters. The van der Waals surface area contributed by atoms with Gasteiger partial charge in [-0.2, -0.15) is 0 Å². The first-order valence-electron chi connectivity index (χ1n) is 3.67. The summed E-state index contributed by atoms with van der Waals surface area (Å²) in [5.41, 5.74) is 0. The van der Waals surface area contributed by atoms with Gasteiger partial charge >= 0.3 is 0 Å². The van der Waals surface area contributed by atoms with Crippen molar-refractivity contribution in [1.82, 2.24) is 5.32 Å². The highest BCUT2D eigenvalue weighted by Gasteiger charge is 2.09. The van der Waals surface area contributed by atoms with Gasteiger partial charge < -0.3 is 10.4 Å². The van der Waals surface area contributed by atoms with Crippen LogP contribution in [0.15, 0.2) is 0 Å². The van der Waals surface area contributed by atoms with Gasteiger partial charge in [-0.25, -0.2) is 0 Å². The summed E-state index contributed by atoms with van der Waals surface area (Å²) in [6.45, 7) is 2.40. The maximum Gasteiger partial charge on any atom is 0.224 e. The van der Waals surface area contributed by atoms with Crippen molar-refractivity contribution in [2.24, 2.45) is 5.92 Å². The minimum absolute atomic E-state index is 0.0477. The molecule has 1 amide bonds. The molecular formula is C7H14ClNO2. The van der Waals surface area contributed by atoms with Crippen LogP contribution in [0, 0.1) is 5.92 Å². The van der Waals surface area contributed by atoms with Crippen molar-refractivity contribution >= 4 is 17.5 Å². The second-order valence-corrected chi connectivity index (χ2v) is 2.73. The number of hydrogen-bond donors (Lipinski definition) is 2. The summed E-state index contributed by atoms with van der Waals surface area (Å²) in [5.74, 6) is 0.147. The molecule has 0 aromatic carbocycles. The van der Waals surface area contributed by atoms with E-state index < -0.39 is 0 Å². The van der Waals surface area contributed by atoms with Crippen LogP contribution in [0.1, 0.15) is 13.3 Å². The number of rotatable bonds is 5. The van der Waals surface area contributed by atoms with E-state index in [1.165, 1.54) is 0 Å². The number of alkyl halides is 1. The molecule has 11 heavy (non-hydrogen) atoms. The Hall–Kier alpha value is -0.280. The molecule has 0 spiro atoms. The van der Waals surface area contributed by atoms with E-state index in [2.05, 4.69) is 5.32 Å². The number of nitrogens with one attached hydrogen (secondary N) is 1. The van der Waals surface area contributed by atoms with E-state index in [0.717, 1.165) is 0 Å². The summed E-state index contributed by atoms with van der Waals surface area (Å²) >= 11 is 5.45. The average Bonchev–Trinajstić information content (AvgIpc) is 2.03. The van der Waals surface area contributed by atoms with Crippen LogP contribution in [0.2, 0.25) is 0 Å². The number of aliphatic hydroxyl groups excluding tert-OH is 1. The molecule has 0 aromatic rings. The van der Waals surface area contributed by atoms with E-state index in [-0.39, 0.29) is 18.4 Å². The Balaban J connectivity index is 3.36. The molecule has 0 aliphatic carbocycles. The maximum absolute atomic E-state index is 11.0. The standard InChI is InChI=1S/C7H14ClNO2/c1-6(5-8)7(11)9-3-2-4-10/h6,10H,2-5H2,1H3,(H,9,11). The molecule has 0 bridgehead atoms. The summed E-state index contributed by atoms with van der Waals surface area (Å²) in [4.78, 5) is 11.0. The molecule has 0 radical (unpaired) electrons. The van der Waals surface area contributed by atoms with Crippen molar-refractivity contribution in [3.8, 4) is 0 Å². The van der Waals surface area contributed by atoms with Crippen molar-refractivity contribution in [3.05, 3.63) is 0 Å². The van der Waals surface area contributed by atoms with Crippen molar-refractivity contribution in [3.63, 3.8) is 0 Å². The highest BCUT2D eigenvalue weighted by Crippen LogP contribution is 1.96. The van der Waals surface area contributed by atoms with Gasteiger partial charge in [-0.15, -0.1) is 11.6 Å². The van der Waals surface area contributed by atoms with Crippen LogP contribution in [0.3, 0.4) is 0 Å². The van der Waals surface area contributed by atoms with Crippen molar-refractivity contribution < 1.29 is 9.90 Å². The van der Waals surface area contributed by atoms with E-state index in [1.807, 2.05) is 0 Å². The molecule has 0 aliphatic rings. The summed E-state index contributed by atoms with van der Waals surface area (Å²) in [7, 11) is 0. The Morgan fingerprint density at radius 2 is 2.36 bits per heavy atom. The zero-order chi connectivity index (χ0) is 8.69. The fourth-order valence-electron chi connectivity index (χ4n) is 0.535. The number of amides is 1. The molecule has 0 aliphatic heterocycles. The third-order valence-corrected chi connectivity index (χ3v) is 1.78. The SMILES string of the molecule is CC(CCl)C(=O)NCCCO. The summed E-state index contributed by atoms with van der Waals surface area (Å²) in [5, 5.41) is 11.0. The van der Waals surface area contributed by atoms with Gasteiger partial charge in [-0.1, -0.05) is 6.92 Å². The third kappa shape index (κ3) is 5.04. The van der Waals surface area contributed by atoms with Crippen molar-refractivity contribution in [2.45, 2.75) is 13.3 Å². The average molecular weight is 180 g/mol. The Kier molecular flexibility index (Phi) is 6.27. The molecule has 4 heteroatoms. The number of carbonyl (C=O) groups is 1. The van der Waals surface area contributed by atoms with Gasteiger partial charge in [0.15, 0.2) is 0 Å². The zero-order valence-electron chi connectivity index (χ0n) is 6.64.